The SMILES string of the molecule is CC/C=C1/N(C)C2=CCCC=C2CN1C1CCN(CCn2nc(-c3ccc(F)cc3)nc2-c2ccc(F)cc2)CC1. The van der Waals surface area contributed by atoms with Gasteiger partial charge in [-0.1, -0.05) is 19.1 Å². The fraction of sp³-hybridized carbons (Fsp3) is 0.394. The van der Waals surface area contributed by atoms with Crippen LogP contribution in [-0.2, 0) is 6.54 Å². The van der Waals surface area contributed by atoms with Gasteiger partial charge in [-0.2, -0.15) is 5.10 Å². The van der Waals surface area contributed by atoms with Crippen molar-refractivity contribution in [2.75, 3.05) is 33.2 Å². The zero-order valence-electron chi connectivity index (χ0n) is 23.9. The smallest absolute Gasteiger partial charge is 0.181 e. The number of likely N-dealkylation sites (N-methyl/N-ethyl adjacent to an activating group) is 1. The predicted octanol–water partition coefficient (Wildman–Crippen LogP) is 6.46. The van der Waals surface area contributed by atoms with Gasteiger partial charge in [-0.25, -0.2) is 18.4 Å². The molecule has 3 heterocycles. The van der Waals surface area contributed by atoms with Crippen LogP contribution in [0.2, 0.25) is 0 Å². The molecule has 8 heteroatoms. The number of aromatic nitrogens is 3. The van der Waals surface area contributed by atoms with Crippen molar-refractivity contribution in [1.82, 2.24) is 29.5 Å². The number of rotatable bonds is 7. The summed E-state index contributed by atoms with van der Waals surface area (Å²) >= 11 is 0. The Bertz CT molecular complexity index is 1450. The lowest BCUT2D eigenvalue weighted by Crippen LogP contribution is -2.50. The van der Waals surface area contributed by atoms with Crippen molar-refractivity contribution >= 4 is 0 Å². The van der Waals surface area contributed by atoms with Gasteiger partial charge >= 0.3 is 0 Å². The maximum Gasteiger partial charge on any atom is 0.181 e. The molecule has 0 atom stereocenters. The number of benzene rings is 2. The van der Waals surface area contributed by atoms with Gasteiger partial charge in [-0.15, -0.1) is 0 Å². The fourth-order valence-electron chi connectivity index (χ4n) is 6.27. The number of halogens is 2. The van der Waals surface area contributed by atoms with Crippen LogP contribution < -0.4 is 0 Å². The Morgan fingerprint density at radius 1 is 0.878 bits per heavy atom. The molecule has 1 aromatic heterocycles. The number of fused-ring (bicyclic) bond motifs is 1. The molecule has 2 aliphatic heterocycles. The van der Waals surface area contributed by atoms with E-state index in [1.165, 1.54) is 41.4 Å². The van der Waals surface area contributed by atoms with Crippen LogP contribution in [0.15, 0.2) is 83.9 Å². The second-order valence-corrected chi connectivity index (χ2v) is 11.1. The first-order valence-corrected chi connectivity index (χ1v) is 14.8. The summed E-state index contributed by atoms with van der Waals surface area (Å²) in [5, 5.41) is 4.79. The van der Waals surface area contributed by atoms with E-state index in [0.29, 0.717) is 24.2 Å². The Kier molecular flexibility index (Phi) is 8.01. The Morgan fingerprint density at radius 3 is 2.22 bits per heavy atom. The Balaban J connectivity index is 1.14. The maximum absolute atomic E-state index is 13.6. The number of allylic oxidation sites excluding steroid dienone is 3. The van der Waals surface area contributed by atoms with Gasteiger partial charge in [0.2, 0.25) is 0 Å². The van der Waals surface area contributed by atoms with Crippen LogP contribution >= 0.6 is 0 Å². The van der Waals surface area contributed by atoms with Crippen LogP contribution in [0.4, 0.5) is 8.78 Å². The molecule has 6 nitrogen and oxygen atoms in total. The molecule has 0 saturated carbocycles. The van der Waals surface area contributed by atoms with E-state index < -0.39 is 0 Å². The summed E-state index contributed by atoms with van der Waals surface area (Å²) in [4.78, 5) is 12.3. The highest BCUT2D eigenvalue weighted by Gasteiger charge is 2.33. The monoisotopic (exact) mass is 556 g/mol. The summed E-state index contributed by atoms with van der Waals surface area (Å²) in [5.74, 6) is 1.99. The van der Waals surface area contributed by atoms with Gasteiger partial charge in [0.05, 0.1) is 6.54 Å². The summed E-state index contributed by atoms with van der Waals surface area (Å²) in [6, 6.07) is 13.1. The van der Waals surface area contributed by atoms with E-state index in [1.807, 2.05) is 4.68 Å². The Labute approximate surface area is 241 Å². The first-order valence-electron chi connectivity index (χ1n) is 14.8. The van der Waals surface area contributed by atoms with Gasteiger partial charge in [-0.05, 0) is 92.3 Å². The predicted molar refractivity (Wildman–Crippen MR) is 159 cm³/mol. The van der Waals surface area contributed by atoms with Gasteiger partial charge < -0.3 is 14.7 Å². The largest absolute Gasteiger partial charge is 0.351 e. The van der Waals surface area contributed by atoms with Crippen molar-refractivity contribution in [3.05, 3.63) is 95.5 Å². The van der Waals surface area contributed by atoms with Gasteiger partial charge in [0.25, 0.3) is 0 Å². The van der Waals surface area contributed by atoms with E-state index in [9.17, 15) is 8.78 Å². The molecule has 2 fully saturated rings. The number of hydrogen-bond donors (Lipinski definition) is 0. The standard InChI is InChI=1S/C33H38F2N6/c1-3-6-31-38(2)30-8-5-4-7-26(30)23-40(31)29-17-19-39(20-18-29)21-22-41-33(25-11-15-28(35)16-12-25)36-32(37-41)24-9-13-27(34)14-10-24/h6-16,29H,3-5,17-23H2,1-2H3/b31-6-. The highest BCUT2D eigenvalue weighted by molar-refractivity contribution is 5.61. The van der Waals surface area contributed by atoms with Crippen LogP contribution in [0.3, 0.4) is 0 Å². The van der Waals surface area contributed by atoms with Gasteiger partial charge in [0.1, 0.15) is 17.5 Å². The molecule has 6 rings (SSSR count). The summed E-state index contributed by atoms with van der Waals surface area (Å²) in [6.07, 6.45) is 12.7. The van der Waals surface area contributed by atoms with E-state index in [-0.39, 0.29) is 11.6 Å². The number of piperidine rings is 1. The quantitative estimate of drug-likeness (QED) is 0.334. The highest BCUT2D eigenvalue weighted by Crippen LogP contribution is 2.35. The average molecular weight is 557 g/mol. The van der Waals surface area contributed by atoms with E-state index in [2.05, 4.69) is 46.9 Å². The van der Waals surface area contributed by atoms with Crippen molar-refractivity contribution in [1.29, 1.82) is 0 Å². The lowest BCUT2D eigenvalue weighted by Gasteiger charge is -2.48. The third-order valence-electron chi connectivity index (χ3n) is 8.45. The molecule has 0 unspecified atom stereocenters. The van der Waals surface area contributed by atoms with E-state index in [4.69, 9.17) is 10.1 Å². The Morgan fingerprint density at radius 2 is 1.54 bits per heavy atom. The number of nitrogens with zero attached hydrogens (tertiary/aromatic N) is 6. The van der Waals surface area contributed by atoms with Crippen LogP contribution in [0.1, 0.15) is 39.0 Å². The van der Waals surface area contributed by atoms with Crippen molar-refractivity contribution in [3.63, 3.8) is 0 Å². The highest BCUT2D eigenvalue weighted by atomic mass is 19.1. The molecular weight excluding hydrogens is 518 g/mol. The zero-order chi connectivity index (χ0) is 28.3. The number of hydrogen-bond acceptors (Lipinski definition) is 5. The lowest BCUT2D eigenvalue weighted by atomic mass is 9.95. The van der Waals surface area contributed by atoms with Crippen molar-refractivity contribution in [2.45, 2.75) is 51.6 Å². The normalized spacial score (nSPS) is 19.4. The van der Waals surface area contributed by atoms with Crippen molar-refractivity contribution < 1.29 is 8.78 Å². The maximum atomic E-state index is 13.6. The lowest BCUT2D eigenvalue weighted by molar-refractivity contribution is 0.107. The molecule has 0 radical (unpaired) electrons. The van der Waals surface area contributed by atoms with Crippen LogP contribution in [0, 0.1) is 11.6 Å². The molecule has 3 aliphatic rings. The molecule has 0 N–H and O–H groups in total. The van der Waals surface area contributed by atoms with Crippen LogP contribution in [0.5, 0.6) is 0 Å². The second kappa shape index (κ2) is 12.0. The van der Waals surface area contributed by atoms with E-state index in [0.717, 1.165) is 69.4 Å². The molecule has 214 valence electrons. The summed E-state index contributed by atoms with van der Waals surface area (Å²) in [6.45, 7) is 6.78. The summed E-state index contributed by atoms with van der Waals surface area (Å²) in [7, 11) is 2.21. The van der Waals surface area contributed by atoms with Crippen molar-refractivity contribution in [3.8, 4) is 22.8 Å². The topological polar surface area (TPSA) is 40.4 Å². The van der Waals surface area contributed by atoms with Crippen LogP contribution in [0.25, 0.3) is 22.8 Å². The third kappa shape index (κ3) is 5.84. The minimum Gasteiger partial charge on any atom is -0.351 e. The van der Waals surface area contributed by atoms with Gasteiger partial charge in [0.15, 0.2) is 11.6 Å². The molecule has 41 heavy (non-hydrogen) atoms. The minimum atomic E-state index is -0.295. The first kappa shape index (κ1) is 27.4. The molecule has 0 spiro atoms. The number of likely N-dealkylation sites (tertiary alicyclic amines) is 1. The molecule has 0 amide bonds. The van der Waals surface area contributed by atoms with E-state index >= 15 is 0 Å². The Hall–Kier alpha value is -3.78. The summed E-state index contributed by atoms with van der Waals surface area (Å²) in [5.41, 5.74) is 4.41. The molecular formula is C33H38F2N6. The van der Waals surface area contributed by atoms with Crippen molar-refractivity contribution in [2.24, 2.45) is 0 Å². The van der Waals surface area contributed by atoms with Crippen LogP contribution in [-0.4, -0.2) is 68.7 Å². The van der Waals surface area contributed by atoms with E-state index in [1.54, 1.807) is 24.3 Å². The fourth-order valence-corrected chi connectivity index (χ4v) is 6.27. The summed E-state index contributed by atoms with van der Waals surface area (Å²) < 4.78 is 29.1. The second-order valence-electron chi connectivity index (χ2n) is 11.1. The van der Waals surface area contributed by atoms with Gasteiger partial charge in [0, 0.05) is 56.1 Å². The molecule has 3 aromatic rings. The molecule has 0 bridgehead atoms. The zero-order valence-corrected chi connectivity index (χ0v) is 23.9. The molecule has 2 aromatic carbocycles. The molecule has 2 saturated heterocycles. The minimum absolute atomic E-state index is 0.287. The average Bonchev–Trinajstić information content (AvgIpc) is 3.43. The first-order chi connectivity index (χ1) is 20.0. The third-order valence-corrected chi connectivity index (χ3v) is 8.45. The van der Waals surface area contributed by atoms with Gasteiger partial charge in [-0.3, -0.25) is 0 Å². The molecule has 1 aliphatic carbocycles.